The van der Waals surface area contributed by atoms with Crippen LogP contribution in [0.5, 0.6) is 0 Å². The number of nitrogens with two attached hydrogens (primary N) is 1. The molecule has 0 spiro atoms. The standard InChI is InChI=1S/C10H19N3O2/c1-2-5-12-9(14)7-13-6-3-4-8(11)10(13)15/h8H,2-7,11H2,1H3,(H,12,14)/t8-/m0/s1. The van der Waals surface area contributed by atoms with Gasteiger partial charge in [0.25, 0.3) is 0 Å². The summed E-state index contributed by atoms with van der Waals surface area (Å²) in [5.41, 5.74) is 5.62. The zero-order valence-corrected chi connectivity index (χ0v) is 9.16. The van der Waals surface area contributed by atoms with Crippen LogP contribution in [0.2, 0.25) is 0 Å². The Bertz CT molecular complexity index is 243. The smallest absolute Gasteiger partial charge is 0.239 e. The first-order chi connectivity index (χ1) is 7.15. The van der Waals surface area contributed by atoms with E-state index in [9.17, 15) is 9.59 Å². The lowest BCUT2D eigenvalue weighted by Crippen LogP contribution is -2.51. The van der Waals surface area contributed by atoms with E-state index in [4.69, 9.17) is 5.73 Å². The van der Waals surface area contributed by atoms with Crippen LogP contribution in [-0.2, 0) is 9.59 Å². The van der Waals surface area contributed by atoms with Gasteiger partial charge in [0.2, 0.25) is 11.8 Å². The highest BCUT2D eigenvalue weighted by atomic mass is 16.2. The van der Waals surface area contributed by atoms with Crippen molar-refractivity contribution in [3.63, 3.8) is 0 Å². The van der Waals surface area contributed by atoms with Gasteiger partial charge < -0.3 is 16.0 Å². The van der Waals surface area contributed by atoms with Gasteiger partial charge in [-0.3, -0.25) is 9.59 Å². The summed E-state index contributed by atoms with van der Waals surface area (Å²) in [5, 5.41) is 2.74. The first-order valence-corrected chi connectivity index (χ1v) is 5.46. The van der Waals surface area contributed by atoms with E-state index in [2.05, 4.69) is 5.32 Å². The molecule has 0 aromatic rings. The fourth-order valence-corrected chi connectivity index (χ4v) is 1.62. The average molecular weight is 213 g/mol. The Labute approximate surface area is 90.0 Å². The minimum atomic E-state index is -0.419. The molecule has 1 rings (SSSR count). The highest BCUT2D eigenvalue weighted by Gasteiger charge is 2.26. The van der Waals surface area contributed by atoms with E-state index in [0.29, 0.717) is 13.1 Å². The van der Waals surface area contributed by atoms with E-state index in [1.165, 1.54) is 0 Å². The minimum absolute atomic E-state index is 0.0979. The third-order valence-electron chi connectivity index (χ3n) is 2.48. The average Bonchev–Trinajstić information content (AvgIpc) is 2.22. The van der Waals surface area contributed by atoms with Gasteiger partial charge in [-0.2, -0.15) is 0 Å². The first-order valence-electron chi connectivity index (χ1n) is 5.46. The molecule has 15 heavy (non-hydrogen) atoms. The van der Waals surface area contributed by atoms with Gasteiger partial charge in [0, 0.05) is 13.1 Å². The monoisotopic (exact) mass is 213 g/mol. The summed E-state index contributed by atoms with van der Waals surface area (Å²) in [6.07, 6.45) is 2.51. The van der Waals surface area contributed by atoms with E-state index in [1.54, 1.807) is 4.90 Å². The molecule has 0 bridgehead atoms. The van der Waals surface area contributed by atoms with Crippen molar-refractivity contribution in [2.45, 2.75) is 32.2 Å². The van der Waals surface area contributed by atoms with Gasteiger partial charge in [0.1, 0.15) is 0 Å². The fourth-order valence-electron chi connectivity index (χ4n) is 1.62. The van der Waals surface area contributed by atoms with Gasteiger partial charge in [-0.15, -0.1) is 0 Å². The van der Waals surface area contributed by atoms with E-state index < -0.39 is 6.04 Å². The van der Waals surface area contributed by atoms with Crippen LogP contribution in [0.4, 0.5) is 0 Å². The molecule has 0 saturated carbocycles. The SMILES string of the molecule is CCCNC(=O)CN1CCC[C@H](N)C1=O. The predicted octanol–water partition coefficient (Wildman–Crippen LogP) is -0.538. The maximum Gasteiger partial charge on any atom is 0.239 e. The number of hydrogen-bond acceptors (Lipinski definition) is 3. The van der Waals surface area contributed by atoms with Crippen molar-refractivity contribution in [1.82, 2.24) is 10.2 Å². The number of nitrogens with one attached hydrogen (secondary N) is 1. The molecule has 0 aromatic carbocycles. The molecule has 0 radical (unpaired) electrons. The molecule has 1 aliphatic rings. The number of nitrogens with zero attached hydrogens (tertiary/aromatic N) is 1. The lowest BCUT2D eigenvalue weighted by Gasteiger charge is -2.29. The summed E-state index contributed by atoms with van der Waals surface area (Å²) in [7, 11) is 0. The first kappa shape index (κ1) is 12.0. The highest BCUT2D eigenvalue weighted by molar-refractivity contribution is 5.87. The fraction of sp³-hybridized carbons (Fsp3) is 0.800. The van der Waals surface area contributed by atoms with Crippen molar-refractivity contribution in [3.05, 3.63) is 0 Å². The summed E-state index contributed by atoms with van der Waals surface area (Å²) < 4.78 is 0. The van der Waals surface area contributed by atoms with Gasteiger partial charge >= 0.3 is 0 Å². The molecule has 0 aromatic heterocycles. The maximum absolute atomic E-state index is 11.6. The Morgan fingerprint density at radius 1 is 1.67 bits per heavy atom. The second kappa shape index (κ2) is 5.70. The van der Waals surface area contributed by atoms with Crippen LogP contribution in [0, 0.1) is 0 Å². The molecule has 86 valence electrons. The van der Waals surface area contributed by atoms with Crippen LogP contribution >= 0.6 is 0 Å². The molecule has 3 N–H and O–H groups in total. The molecule has 1 fully saturated rings. The quantitative estimate of drug-likeness (QED) is 0.658. The second-order valence-electron chi connectivity index (χ2n) is 3.86. The van der Waals surface area contributed by atoms with E-state index in [-0.39, 0.29) is 18.4 Å². The highest BCUT2D eigenvalue weighted by Crippen LogP contribution is 2.08. The van der Waals surface area contributed by atoms with Crippen molar-refractivity contribution in [2.75, 3.05) is 19.6 Å². The molecule has 0 unspecified atom stereocenters. The Morgan fingerprint density at radius 3 is 3.07 bits per heavy atom. The molecule has 1 saturated heterocycles. The van der Waals surface area contributed by atoms with E-state index >= 15 is 0 Å². The summed E-state index contributed by atoms with van der Waals surface area (Å²) in [6, 6.07) is -0.419. The number of piperidine rings is 1. The van der Waals surface area contributed by atoms with Gasteiger partial charge in [-0.05, 0) is 19.3 Å². The van der Waals surface area contributed by atoms with Crippen molar-refractivity contribution >= 4 is 11.8 Å². The lowest BCUT2D eigenvalue weighted by molar-refractivity contribution is -0.139. The summed E-state index contributed by atoms with van der Waals surface area (Å²) in [6.45, 7) is 3.44. The van der Waals surface area contributed by atoms with Crippen molar-refractivity contribution in [3.8, 4) is 0 Å². The zero-order valence-electron chi connectivity index (χ0n) is 9.16. The number of carbonyl (C=O) groups is 2. The topological polar surface area (TPSA) is 75.4 Å². The summed E-state index contributed by atoms with van der Waals surface area (Å²) in [4.78, 5) is 24.5. The normalized spacial score (nSPS) is 21.6. The van der Waals surface area contributed by atoms with Crippen LogP contribution in [0.3, 0.4) is 0 Å². The predicted molar refractivity (Wildman–Crippen MR) is 57.1 cm³/mol. The molecular formula is C10H19N3O2. The molecule has 2 amide bonds. The van der Waals surface area contributed by atoms with Crippen LogP contribution in [0.25, 0.3) is 0 Å². The molecule has 5 heteroatoms. The number of rotatable bonds is 4. The van der Waals surface area contributed by atoms with Crippen LogP contribution in [0.1, 0.15) is 26.2 Å². The Hall–Kier alpha value is -1.10. The second-order valence-corrected chi connectivity index (χ2v) is 3.86. The molecule has 1 atom stereocenters. The van der Waals surface area contributed by atoms with Crippen molar-refractivity contribution in [1.29, 1.82) is 0 Å². The van der Waals surface area contributed by atoms with Gasteiger partial charge in [0.05, 0.1) is 12.6 Å². The van der Waals surface area contributed by atoms with Gasteiger partial charge in [-0.25, -0.2) is 0 Å². The number of carbonyl (C=O) groups excluding carboxylic acids is 2. The molecule has 1 aliphatic heterocycles. The van der Waals surface area contributed by atoms with Crippen molar-refractivity contribution < 1.29 is 9.59 Å². The number of amides is 2. The van der Waals surface area contributed by atoms with Gasteiger partial charge in [0.15, 0.2) is 0 Å². The molecular weight excluding hydrogens is 194 g/mol. The van der Waals surface area contributed by atoms with E-state index in [1.807, 2.05) is 6.92 Å². The third-order valence-corrected chi connectivity index (χ3v) is 2.48. The van der Waals surface area contributed by atoms with E-state index in [0.717, 1.165) is 19.3 Å². The molecule has 1 heterocycles. The van der Waals surface area contributed by atoms with Gasteiger partial charge in [-0.1, -0.05) is 6.92 Å². The largest absolute Gasteiger partial charge is 0.355 e. The minimum Gasteiger partial charge on any atom is -0.355 e. The molecule has 0 aliphatic carbocycles. The van der Waals surface area contributed by atoms with Crippen molar-refractivity contribution in [2.24, 2.45) is 5.73 Å². The number of hydrogen-bond donors (Lipinski definition) is 2. The zero-order chi connectivity index (χ0) is 11.3. The van der Waals surface area contributed by atoms with Crippen LogP contribution in [-0.4, -0.2) is 42.4 Å². The summed E-state index contributed by atoms with van der Waals surface area (Å²) >= 11 is 0. The summed E-state index contributed by atoms with van der Waals surface area (Å²) in [5.74, 6) is -0.202. The van der Waals surface area contributed by atoms with Crippen LogP contribution in [0.15, 0.2) is 0 Å². The number of likely N-dealkylation sites (tertiary alicyclic amines) is 1. The third kappa shape index (κ3) is 3.51. The van der Waals surface area contributed by atoms with Crippen LogP contribution < -0.4 is 11.1 Å². The molecule has 5 nitrogen and oxygen atoms in total. The lowest BCUT2D eigenvalue weighted by atomic mass is 10.1. The Morgan fingerprint density at radius 2 is 2.40 bits per heavy atom. The Balaban J connectivity index is 2.36. The maximum atomic E-state index is 11.6. The Kier molecular flexibility index (Phi) is 4.55.